The SMILES string of the molecule is O.O.O.O.O.O=C([O-])CC(OCC(=O)O)C(=O)[O-].[Na+].[Na+].[Na+]. The molecule has 0 amide bonds. The van der Waals surface area contributed by atoms with Crippen molar-refractivity contribution in [3.8, 4) is 0 Å². The van der Waals surface area contributed by atoms with E-state index in [1.807, 2.05) is 0 Å². The van der Waals surface area contributed by atoms with Crippen molar-refractivity contribution >= 4 is 17.9 Å². The van der Waals surface area contributed by atoms with Crippen LogP contribution >= 0.6 is 0 Å². The molecule has 0 spiro atoms. The summed E-state index contributed by atoms with van der Waals surface area (Å²) in [5, 5.41) is 28.1. The molecule has 0 bridgehead atoms. The van der Waals surface area contributed by atoms with Gasteiger partial charge >= 0.3 is 94.6 Å². The normalized spacial score (nSPS) is 7.43. The Morgan fingerprint density at radius 2 is 1.24 bits per heavy atom. The summed E-state index contributed by atoms with van der Waals surface area (Å²) < 4.78 is 4.19. The van der Waals surface area contributed by atoms with Crippen molar-refractivity contribution in [2.45, 2.75) is 12.5 Å². The summed E-state index contributed by atoms with van der Waals surface area (Å²) in [5.74, 6) is -4.84. The molecule has 0 rings (SSSR count). The monoisotopic (exact) mass is 349 g/mol. The summed E-state index contributed by atoms with van der Waals surface area (Å²) in [7, 11) is 0. The van der Waals surface area contributed by atoms with Crippen molar-refractivity contribution in [2.75, 3.05) is 6.61 Å². The molecule has 0 aromatic carbocycles. The van der Waals surface area contributed by atoms with Gasteiger partial charge in [0.1, 0.15) is 12.7 Å². The fourth-order valence-electron chi connectivity index (χ4n) is 0.534. The predicted octanol–water partition coefficient (Wildman–Crippen LogP) is -16.8. The number of hydrogen-bond donors (Lipinski definition) is 1. The third kappa shape index (κ3) is 38.7. The van der Waals surface area contributed by atoms with Crippen molar-refractivity contribution in [3.63, 3.8) is 0 Å². The van der Waals surface area contributed by atoms with Gasteiger partial charge in [0, 0.05) is 12.4 Å². The van der Waals surface area contributed by atoms with E-state index < -0.39 is 37.0 Å². The standard InChI is InChI=1S/C6H8O7.3Na.5H2O/c7-4(8)1-3(6(11)12)13-2-5(9)10;;;;;;;;/h3H,1-2H2,(H,7,8)(H,9,10)(H,11,12);;;;5*1H2/q;3*+1;;;;;/p-2. The van der Waals surface area contributed by atoms with Gasteiger partial charge in [0.2, 0.25) is 0 Å². The molecule has 0 aliphatic carbocycles. The van der Waals surface area contributed by atoms with Gasteiger partial charge in [-0.25, -0.2) is 4.79 Å². The molecule has 0 radical (unpaired) electrons. The van der Waals surface area contributed by atoms with Gasteiger partial charge in [-0.05, 0) is 0 Å². The molecule has 11 N–H and O–H groups in total. The first-order chi connectivity index (χ1) is 5.93. The van der Waals surface area contributed by atoms with Gasteiger partial charge in [0.05, 0.1) is 5.97 Å². The van der Waals surface area contributed by atoms with Gasteiger partial charge in [-0.3, -0.25) is 0 Å². The van der Waals surface area contributed by atoms with E-state index >= 15 is 0 Å². The Labute approximate surface area is 185 Å². The van der Waals surface area contributed by atoms with Crippen LogP contribution in [0.4, 0.5) is 0 Å². The van der Waals surface area contributed by atoms with Crippen LogP contribution in [-0.2, 0) is 19.1 Å². The average Bonchev–Trinajstić information content (AvgIpc) is 1.96. The van der Waals surface area contributed by atoms with Crippen LogP contribution in [-0.4, -0.2) is 63.1 Å². The van der Waals surface area contributed by atoms with Gasteiger partial charge in [0.25, 0.3) is 0 Å². The van der Waals surface area contributed by atoms with Crippen LogP contribution in [0.5, 0.6) is 0 Å². The van der Waals surface area contributed by atoms with E-state index in [1.54, 1.807) is 0 Å². The summed E-state index contributed by atoms with van der Waals surface area (Å²) in [6.07, 6.45) is -2.73. The van der Waals surface area contributed by atoms with Gasteiger partial charge in [-0.1, -0.05) is 0 Å². The number of carbonyl (C=O) groups excluding carboxylic acids is 2. The molecule has 0 saturated heterocycles. The van der Waals surface area contributed by atoms with E-state index in [0.717, 1.165) is 0 Å². The first kappa shape index (κ1) is 57.3. The Hall–Kier alpha value is 1.17. The topological polar surface area (TPSA) is 284 Å². The molecule has 0 aromatic rings. The second-order valence-electron chi connectivity index (χ2n) is 2.09. The minimum Gasteiger partial charge on any atom is -0.550 e. The summed E-state index contributed by atoms with van der Waals surface area (Å²) in [6.45, 7) is -0.897. The van der Waals surface area contributed by atoms with Gasteiger partial charge in [-0.2, -0.15) is 0 Å². The molecule has 1 atom stereocenters. The van der Waals surface area contributed by atoms with E-state index in [0.29, 0.717) is 0 Å². The average molecular weight is 349 g/mol. The molecule has 114 valence electrons. The smallest absolute Gasteiger partial charge is 0.550 e. The van der Waals surface area contributed by atoms with Crippen LogP contribution in [0.3, 0.4) is 0 Å². The Kier molecular flexibility index (Phi) is 89.9. The summed E-state index contributed by atoms with van der Waals surface area (Å²) in [6, 6.07) is 0. The molecule has 12 nitrogen and oxygen atoms in total. The molecule has 0 aliphatic heterocycles. The number of carbonyl (C=O) groups is 3. The summed E-state index contributed by atoms with van der Waals surface area (Å²) in [4.78, 5) is 30.0. The number of ether oxygens (including phenoxy) is 1. The van der Waals surface area contributed by atoms with Gasteiger partial charge < -0.3 is 57.0 Å². The predicted molar refractivity (Wildman–Crippen MR) is 50.1 cm³/mol. The van der Waals surface area contributed by atoms with Crippen molar-refractivity contribution in [2.24, 2.45) is 0 Å². The van der Waals surface area contributed by atoms with Crippen molar-refractivity contribution in [1.29, 1.82) is 0 Å². The fourth-order valence-corrected chi connectivity index (χ4v) is 0.534. The Morgan fingerprint density at radius 3 is 1.43 bits per heavy atom. The fraction of sp³-hybridized carbons (Fsp3) is 0.500. The molecule has 1 unspecified atom stereocenters. The van der Waals surface area contributed by atoms with Crippen LogP contribution in [0.15, 0.2) is 0 Å². The minimum atomic E-state index is -1.79. The van der Waals surface area contributed by atoms with E-state index in [2.05, 4.69) is 4.74 Å². The first-order valence-corrected chi connectivity index (χ1v) is 3.17. The van der Waals surface area contributed by atoms with Crippen LogP contribution in [0.25, 0.3) is 0 Å². The summed E-state index contributed by atoms with van der Waals surface area (Å²) in [5.41, 5.74) is 0. The van der Waals surface area contributed by atoms with Crippen molar-refractivity contribution in [3.05, 3.63) is 0 Å². The maximum Gasteiger partial charge on any atom is 1.00 e. The Balaban J connectivity index is -0.0000000257. The van der Waals surface area contributed by atoms with E-state index in [1.165, 1.54) is 0 Å². The number of aliphatic carboxylic acids is 3. The molecule has 0 fully saturated rings. The second-order valence-corrected chi connectivity index (χ2v) is 2.09. The number of carboxylic acid groups (broad SMARTS) is 3. The Bertz CT molecular complexity index is 237. The number of rotatable bonds is 6. The third-order valence-corrected chi connectivity index (χ3v) is 1.02. The second kappa shape index (κ2) is 32.9. The van der Waals surface area contributed by atoms with Crippen LogP contribution in [0.1, 0.15) is 6.42 Å². The van der Waals surface area contributed by atoms with Crippen LogP contribution in [0, 0.1) is 0 Å². The molecule has 0 aromatic heterocycles. The first-order valence-electron chi connectivity index (χ1n) is 3.17. The quantitative estimate of drug-likeness (QED) is 0.451. The van der Waals surface area contributed by atoms with Crippen molar-refractivity contribution < 1.29 is 150 Å². The molecule has 0 saturated carbocycles. The van der Waals surface area contributed by atoms with Crippen LogP contribution in [0.2, 0.25) is 0 Å². The number of carboxylic acids is 3. The molecule has 0 heterocycles. The molecule has 21 heavy (non-hydrogen) atoms. The molecule has 15 heteroatoms. The zero-order valence-corrected chi connectivity index (χ0v) is 17.9. The minimum absolute atomic E-state index is 0. The van der Waals surface area contributed by atoms with E-state index in [-0.39, 0.29) is 116 Å². The maximum absolute atomic E-state index is 10.1. The molecule has 0 aliphatic rings. The Morgan fingerprint density at radius 1 is 0.905 bits per heavy atom. The molecular formula is C6H16Na3O12+. The third-order valence-electron chi connectivity index (χ3n) is 1.02. The zero-order valence-electron chi connectivity index (χ0n) is 11.9. The largest absolute Gasteiger partial charge is 1.00 e. The van der Waals surface area contributed by atoms with Gasteiger partial charge in [-0.15, -0.1) is 0 Å². The number of hydrogen-bond acceptors (Lipinski definition) is 6. The van der Waals surface area contributed by atoms with Gasteiger partial charge in [0.15, 0.2) is 0 Å². The zero-order chi connectivity index (χ0) is 10.4. The van der Waals surface area contributed by atoms with Crippen LogP contribution < -0.4 is 98.9 Å². The van der Waals surface area contributed by atoms with E-state index in [9.17, 15) is 24.6 Å². The van der Waals surface area contributed by atoms with Crippen molar-refractivity contribution in [1.82, 2.24) is 0 Å². The maximum atomic E-state index is 10.1. The molecular weight excluding hydrogens is 333 g/mol. The summed E-state index contributed by atoms with van der Waals surface area (Å²) >= 11 is 0. The van der Waals surface area contributed by atoms with E-state index in [4.69, 9.17) is 5.11 Å².